The summed E-state index contributed by atoms with van der Waals surface area (Å²) in [6.45, 7) is -2.39. The number of aromatic nitrogens is 2. The van der Waals surface area contributed by atoms with Gasteiger partial charge >= 0.3 is 5.97 Å². The molecule has 0 spiro atoms. The van der Waals surface area contributed by atoms with E-state index in [9.17, 15) is 60.3 Å². The highest BCUT2D eigenvalue weighted by Gasteiger charge is 2.34. The number of hydrogen-bond donors (Lipinski definition) is 16. The molecule has 372 valence electrons. The second-order valence-corrected chi connectivity index (χ2v) is 16.4. The normalized spacial score (nSPS) is 16.0. The first-order chi connectivity index (χ1) is 31.7. The molecular formula is C43H64ClN9O14. The highest BCUT2D eigenvalue weighted by molar-refractivity contribution is 6.31. The van der Waals surface area contributed by atoms with Crippen LogP contribution in [0.25, 0.3) is 11.1 Å². The van der Waals surface area contributed by atoms with Crippen molar-refractivity contribution in [2.24, 2.45) is 10.7 Å². The minimum absolute atomic E-state index is 0.00120. The number of aliphatic hydroxyl groups is 10. The van der Waals surface area contributed by atoms with Crippen LogP contribution in [0.2, 0.25) is 5.15 Å². The van der Waals surface area contributed by atoms with Crippen LogP contribution < -0.4 is 27.8 Å². The van der Waals surface area contributed by atoms with Gasteiger partial charge in [-0.1, -0.05) is 60.1 Å². The fourth-order valence-electron chi connectivity index (χ4n) is 6.79. The van der Waals surface area contributed by atoms with E-state index in [4.69, 9.17) is 39.0 Å². The zero-order valence-corrected chi connectivity index (χ0v) is 37.5. The largest absolute Gasteiger partial charge is 0.480 e. The van der Waals surface area contributed by atoms with Crippen LogP contribution in [0.15, 0.2) is 53.5 Å². The number of carbonyl (C=O) groups is 3. The predicted octanol–water partition coefficient (Wildman–Crippen LogP) is -3.13. The van der Waals surface area contributed by atoms with E-state index in [1.807, 2.05) is 48.5 Å². The van der Waals surface area contributed by atoms with Gasteiger partial charge in [0, 0.05) is 26.1 Å². The fraction of sp³-hybridized carbons (Fsp3) is 0.535. The third kappa shape index (κ3) is 18.5. The van der Waals surface area contributed by atoms with Gasteiger partial charge in [0.05, 0.1) is 25.4 Å². The number of aliphatic imine (C=N–C) groups is 1. The number of nitrogens with zero attached hydrogens (tertiary/aromatic N) is 4. The molecule has 1 aromatic heterocycles. The maximum Gasteiger partial charge on any atom is 0.326 e. The maximum atomic E-state index is 12.8. The Labute approximate surface area is 391 Å². The van der Waals surface area contributed by atoms with Crippen molar-refractivity contribution < 1.29 is 70.6 Å². The molecule has 9 atom stereocenters. The number of amides is 2. The highest BCUT2D eigenvalue weighted by atomic mass is 35.5. The second kappa shape index (κ2) is 28.2. The number of nitrogens with one attached hydrogen (secondary N) is 2. The van der Waals surface area contributed by atoms with Gasteiger partial charge in [-0.15, -0.1) is 0 Å². The van der Waals surface area contributed by atoms with Crippen LogP contribution in [0.5, 0.6) is 0 Å². The summed E-state index contributed by atoms with van der Waals surface area (Å²) in [7, 11) is 0. The van der Waals surface area contributed by atoms with Gasteiger partial charge in [-0.25, -0.2) is 14.8 Å². The van der Waals surface area contributed by atoms with E-state index < -0.39 is 99.0 Å². The van der Waals surface area contributed by atoms with E-state index in [1.54, 1.807) is 0 Å². The molecule has 67 heavy (non-hydrogen) atoms. The molecule has 0 aliphatic carbocycles. The number of halogens is 1. The van der Waals surface area contributed by atoms with Crippen molar-refractivity contribution in [3.8, 4) is 11.1 Å². The quantitative estimate of drug-likeness (QED) is 0.0186. The van der Waals surface area contributed by atoms with Crippen molar-refractivity contribution in [3.05, 3.63) is 70.5 Å². The second-order valence-electron chi connectivity index (χ2n) is 16.0. The first-order valence-electron chi connectivity index (χ1n) is 21.5. The molecule has 19 N–H and O–H groups in total. The number of carbonyl (C=O) groups excluding carboxylic acids is 2. The number of nitrogens with two attached hydrogens (primary N) is 3. The smallest absolute Gasteiger partial charge is 0.326 e. The molecule has 2 amide bonds. The third-order valence-electron chi connectivity index (χ3n) is 10.8. The van der Waals surface area contributed by atoms with Crippen molar-refractivity contribution in [1.82, 2.24) is 25.5 Å². The van der Waals surface area contributed by atoms with Crippen LogP contribution in [0.1, 0.15) is 60.1 Å². The number of unbranched alkanes of at least 4 members (excludes halogenated alkanes) is 2. The Morgan fingerprint density at radius 1 is 0.687 bits per heavy atom. The molecule has 23 nitrogen and oxygen atoms in total. The van der Waals surface area contributed by atoms with E-state index in [2.05, 4.69) is 25.6 Å². The van der Waals surface area contributed by atoms with Gasteiger partial charge in [0.1, 0.15) is 42.7 Å². The summed E-state index contributed by atoms with van der Waals surface area (Å²) in [6, 6.07) is 14.4. The van der Waals surface area contributed by atoms with Crippen LogP contribution in [0.4, 0.5) is 11.6 Å². The summed E-state index contributed by atoms with van der Waals surface area (Å²) >= 11 is 5.83. The maximum absolute atomic E-state index is 12.8. The molecule has 0 bridgehead atoms. The van der Waals surface area contributed by atoms with Crippen LogP contribution in [-0.4, -0.2) is 189 Å². The van der Waals surface area contributed by atoms with Gasteiger partial charge in [0.15, 0.2) is 28.4 Å². The Balaban J connectivity index is 1.45. The van der Waals surface area contributed by atoms with Crippen molar-refractivity contribution in [2.75, 3.05) is 50.9 Å². The molecule has 0 aliphatic rings. The van der Waals surface area contributed by atoms with Crippen LogP contribution in [0.3, 0.4) is 0 Å². The number of carboxylic acids is 1. The zero-order valence-electron chi connectivity index (χ0n) is 36.8. The van der Waals surface area contributed by atoms with Crippen molar-refractivity contribution in [2.45, 2.75) is 106 Å². The Morgan fingerprint density at radius 3 is 1.70 bits per heavy atom. The molecule has 0 aliphatic heterocycles. The molecule has 2 aromatic carbocycles. The number of aliphatic carboxylic acids is 1. The number of carboxylic acid groups (broad SMARTS) is 1. The Morgan fingerprint density at radius 2 is 1.19 bits per heavy atom. The molecule has 0 saturated carbocycles. The lowest BCUT2D eigenvalue weighted by Crippen LogP contribution is -2.53. The van der Waals surface area contributed by atoms with E-state index in [0.29, 0.717) is 19.4 Å². The molecule has 0 saturated heterocycles. The number of aliphatic hydroxyl groups excluding tert-OH is 10. The number of anilines is 2. The highest BCUT2D eigenvalue weighted by Crippen LogP contribution is 2.22. The standard InChI is InChI=1S/C43H64ClN9O14/c44-38-40(46)51-39(45)33(50-38)41(65)52-43(47)48-17-3-1-5-23-7-12-25(13-8-23)26-14-9-24(10-15-26)11-16-32(60)49-27(42(66)67)6-2-4-18-53(19-28(56)34(61)36(63)30(58)21-54)20-29(57)35(62)37(64)31(59)22-55/h7-10,12-15,27-31,34-37,54-59,61-64H,1-6,11,16-22H2,(H,49,60)(H,66,67)(H4,45,46,51)(H3,47,48,52,65)/t27-,28+,29+,30-,31-,34-,35-,36-,37-/m1/s1. The van der Waals surface area contributed by atoms with E-state index in [1.165, 1.54) is 4.90 Å². The number of nitrogen functional groups attached to an aromatic ring is 2. The Hall–Kier alpha value is -5.15. The Bertz CT molecular complexity index is 2010. The fourth-order valence-corrected chi connectivity index (χ4v) is 6.91. The third-order valence-corrected chi connectivity index (χ3v) is 11.1. The van der Waals surface area contributed by atoms with E-state index >= 15 is 0 Å². The molecule has 0 fully saturated rings. The van der Waals surface area contributed by atoms with Crippen molar-refractivity contribution >= 4 is 47.0 Å². The van der Waals surface area contributed by atoms with Gasteiger partial charge < -0.3 is 78.7 Å². The number of hydrogen-bond acceptors (Lipinski definition) is 19. The van der Waals surface area contributed by atoms with Gasteiger partial charge in [-0.05, 0) is 73.7 Å². The monoisotopic (exact) mass is 965 g/mol. The van der Waals surface area contributed by atoms with Gasteiger partial charge in [-0.2, -0.15) is 0 Å². The van der Waals surface area contributed by atoms with Crippen LogP contribution >= 0.6 is 11.6 Å². The average molecular weight is 966 g/mol. The van der Waals surface area contributed by atoms with Crippen LogP contribution in [0, 0.1) is 0 Å². The van der Waals surface area contributed by atoms with Crippen molar-refractivity contribution in [1.29, 1.82) is 0 Å². The molecule has 3 rings (SSSR count). The lowest BCUT2D eigenvalue weighted by atomic mass is 9.99. The SMILES string of the molecule is NC(=NCCCCc1ccc(-c2ccc(CCC(=O)N[C@H](CCCCN(C[C@H](O)[C@@H](O)[C@H](O)[C@H](O)CO)C[C@H](O)[C@@H](O)[C@H](O)[C@H](O)CO)C(=O)O)cc2)cc1)NC(=O)c1nc(Cl)c(N)nc1N. The number of rotatable bonds is 29. The zero-order chi connectivity index (χ0) is 49.8. The summed E-state index contributed by atoms with van der Waals surface area (Å²) in [4.78, 5) is 50.3. The van der Waals surface area contributed by atoms with Gasteiger partial charge in [0.25, 0.3) is 5.91 Å². The van der Waals surface area contributed by atoms with Crippen molar-refractivity contribution in [3.63, 3.8) is 0 Å². The first kappa shape index (κ1) is 56.2. The number of aryl methyl sites for hydroxylation is 2. The van der Waals surface area contributed by atoms with Gasteiger partial charge in [-0.3, -0.25) is 24.8 Å². The summed E-state index contributed by atoms with van der Waals surface area (Å²) in [5.41, 5.74) is 20.7. The lowest BCUT2D eigenvalue weighted by Gasteiger charge is -2.33. The molecule has 0 unspecified atom stereocenters. The molecular weight excluding hydrogens is 902 g/mol. The van der Waals surface area contributed by atoms with E-state index in [-0.39, 0.29) is 60.7 Å². The molecule has 0 radical (unpaired) electrons. The predicted molar refractivity (Wildman–Crippen MR) is 245 cm³/mol. The number of guanidine groups is 1. The minimum atomic E-state index is -1.95. The molecule has 24 heteroatoms. The summed E-state index contributed by atoms with van der Waals surface area (Å²) in [5.74, 6) is -2.88. The summed E-state index contributed by atoms with van der Waals surface area (Å²) < 4.78 is 0. The summed E-state index contributed by atoms with van der Waals surface area (Å²) in [6.07, 6.45) is -11.8. The van der Waals surface area contributed by atoms with Crippen LogP contribution in [-0.2, 0) is 22.4 Å². The average Bonchev–Trinajstić information content (AvgIpc) is 3.31. The molecule has 1 heterocycles. The van der Waals surface area contributed by atoms with E-state index in [0.717, 1.165) is 35.1 Å². The number of benzene rings is 2. The summed E-state index contributed by atoms with van der Waals surface area (Å²) in [5, 5.41) is 114. The molecule has 3 aromatic rings. The first-order valence-corrected chi connectivity index (χ1v) is 21.9. The topological polar surface area (TPSA) is 417 Å². The lowest BCUT2D eigenvalue weighted by molar-refractivity contribution is -0.142. The minimum Gasteiger partial charge on any atom is -0.480 e. The Kier molecular flexibility index (Phi) is 23.7. The van der Waals surface area contributed by atoms with Gasteiger partial charge in [0.2, 0.25) is 5.91 Å².